The van der Waals surface area contributed by atoms with Crippen molar-refractivity contribution >= 4 is 33.1 Å². The Bertz CT molecular complexity index is 1650. The largest absolute Gasteiger partial charge is 0.381 e. The normalized spacial score (nSPS) is 20.8. The molecular formula is C30H37F2N7O4S. The number of amides is 1. The first-order valence-electron chi connectivity index (χ1n) is 14.7. The zero-order chi connectivity index (χ0) is 31.2. The molecule has 3 aromatic rings. The van der Waals surface area contributed by atoms with E-state index < -0.39 is 37.9 Å². The standard InChI is InChI=1S/C30H37F2N7O4S/c1-30(2)17-39(44(41,42)23-12-18(31)11-19(32)13-23)16-25-27(30)36-37-28(25)35-29(40)24-4-3-22(38-8-5-20(33)15-38)14-26(24)34-21-6-9-43-10-7-21/h3-4,11-14,20-21,34H,5-10,15-17,33H2,1-2H3,(H2,35,36,37,40). The number of aromatic amines is 1. The van der Waals surface area contributed by atoms with E-state index >= 15 is 0 Å². The smallest absolute Gasteiger partial charge is 0.258 e. The molecule has 0 radical (unpaired) electrons. The molecule has 1 atom stereocenters. The van der Waals surface area contributed by atoms with Crippen molar-refractivity contribution in [3.8, 4) is 0 Å². The topological polar surface area (TPSA) is 146 Å². The molecule has 11 nitrogen and oxygen atoms in total. The van der Waals surface area contributed by atoms with Crippen molar-refractivity contribution in [1.29, 1.82) is 0 Å². The number of halogens is 2. The van der Waals surface area contributed by atoms with Gasteiger partial charge in [0.1, 0.15) is 11.6 Å². The van der Waals surface area contributed by atoms with E-state index in [4.69, 9.17) is 10.5 Å². The van der Waals surface area contributed by atoms with Crippen LogP contribution in [0.5, 0.6) is 0 Å². The number of sulfonamides is 1. The highest BCUT2D eigenvalue weighted by Gasteiger charge is 2.41. The van der Waals surface area contributed by atoms with Gasteiger partial charge in [-0.15, -0.1) is 0 Å². The van der Waals surface area contributed by atoms with Crippen molar-refractivity contribution in [2.45, 2.75) is 62.0 Å². The number of fused-ring (bicyclic) bond motifs is 1. The molecule has 1 aromatic heterocycles. The Hall–Kier alpha value is -3.59. The van der Waals surface area contributed by atoms with Crippen molar-refractivity contribution in [3.05, 3.63) is 64.9 Å². The van der Waals surface area contributed by atoms with Gasteiger partial charge in [-0.3, -0.25) is 9.89 Å². The first-order valence-corrected chi connectivity index (χ1v) is 16.2. The molecule has 1 unspecified atom stereocenters. The van der Waals surface area contributed by atoms with Crippen LogP contribution in [0.3, 0.4) is 0 Å². The van der Waals surface area contributed by atoms with Gasteiger partial charge < -0.3 is 26.0 Å². The van der Waals surface area contributed by atoms with E-state index in [0.717, 1.165) is 54.5 Å². The molecule has 5 N–H and O–H groups in total. The Labute approximate surface area is 255 Å². The zero-order valence-corrected chi connectivity index (χ0v) is 25.5. The van der Waals surface area contributed by atoms with Crippen LogP contribution in [0.2, 0.25) is 0 Å². The summed E-state index contributed by atoms with van der Waals surface area (Å²) in [5.41, 5.74) is 8.62. The number of hydrogen-bond donors (Lipinski definition) is 4. The highest BCUT2D eigenvalue weighted by atomic mass is 32.2. The molecule has 3 aliphatic rings. The van der Waals surface area contributed by atoms with E-state index in [9.17, 15) is 22.0 Å². The van der Waals surface area contributed by atoms with E-state index in [1.807, 2.05) is 26.0 Å². The Balaban J connectivity index is 1.29. The van der Waals surface area contributed by atoms with Gasteiger partial charge in [-0.2, -0.15) is 9.40 Å². The molecule has 14 heteroatoms. The van der Waals surface area contributed by atoms with Gasteiger partial charge in [-0.05, 0) is 49.6 Å². The van der Waals surface area contributed by atoms with Crippen LogP contribution in [-0.2, 0) is 26.7 Å². The number of benzene rings is 2. The SMILES string of the molecule is CC1(C)CN(S(=O)(=O)c2cc(F)cc(F)c2)Cc2c(NC(=O)c3ccc(N4CCC(N)C4)cc3NC3CCOCC3)n[nH]c21. The zero-order valence-electron chi connectivity index (χ0n) is 24.7. The summed E-state index contributed by atoms with van der Waals surface area (Å²) in [6.07, 6.45) is 2.51. The fourth-order valence-electron chi connectivity index (χ4n) is 6.24. The van der Waals surface area contributed by atoms with Crippen molar-refractivity contribution in [1.82, 2.24) is 14.5 Å². The molecule has 2 saturated heterocycles. The molecule has 1 amide bonds. The summed E-state index contributed by atoms with van der Waals surface area (Å²) in [5, 5.41) is 13.8. The van der Waals surface area contributed by atoms with Crippen LogP contribution in [0.1, 0.15) is 54.7 Å². The molecule has 3 aliphatic heterocycles. The van der Waals surface area contributed by atoms with E-state index in [-0.39, 0.29) is 31.0 Å². The minimum atomic E-state index is -4.27. The Kier molecular flexibility index (Phi) is 8.11. The van der Waals surface area contributed by atoms with Crippen LogP contribution >= 0.6 is 0 Å². The molecule has 0 bridgehead atoms. The Morgan fingerprint density at radius 2 is 1.84 bits per heavy atom. The van der Waals surface area contributed by atoms with Crippen LogP contribution < -0.4 is 21.3 Å². The van der Waals surface area contributed by atoms with Gasteiger partial charge in [-0.25, -0.2) is 17.2 Å². The third-order valence-electron chi connectivity index (χ3n) is 8.57. The quantitative estimate of drug-likeness (QED) is 0.311. The first-order chi connectivity index (χ1) is 20.9. The Morgan fingerprint density at radius 1 is 1.11 bits per heavy atom. The number of nitrogens with zero attached hydrogens (tertiary/aromatic N) is 3. The number of nitrogens with two attached hydrogens (primary N) is 1. The number of rotatable bonds is 7. The molecule has 0 saturated carbocycles. The van der Waals surface area contributed by atoms with Crippen molar-refractivity contribution in [3.63, 3.8) is 0 Å². The lowest BCUT2D eigenvalue weighted by Gasteiger charge is -2.36. The summed E-state index contributed by atoms with van der Waals surface area (Å²) in [5.74, 6) is -2.19. The molecule has 2 fully saturated rings. The fourth-order valence-corrected chi connectivity index (χ4v) is 7.85. The van der Waals surface area contributed by atoms with Gasteiger partial charge in [0.25, 0.3) is 5.91 Å². The van der Waals surface area contributed by atoms with Gasteiger partial charge in [0.05, 0.1) is 10.5 Å². The molecule has 2 aromatic carbocycles. The number of carbonyl (C=O) groups excluding carboxylic acids is 1. The predicted octanol–water partition coefficient (Wildman–Crippen LogP) is 3.55. The predicted molar refractivity (Wildman–Crippen MR) is 162 cm³/mol. The molecule has 6 rings (SSSR count). The van der Waals surface area contributed by atoms with Crippen LogP contribution in [0, 0.1) is 11.6 Å². The summed E-state index contributed by atoms with van der Waals surface area (Å²) in [6.45, 7) is 6.40. The minimum Gasteiger partial charge on any atom is -0.381 e. The summed E-state index contributed by atoms with van der Waals surface area (Å²) in [6, 6.07) is 8.10. The number of hydrogen-bond acceptors (Lipinski definition) is 8. The number of carbonyl (C=O) groups is 1. The van der Waals surface area contributed by atoms with Crippen LogP contribution in [0.25, 0.3) is 0 Å². The summed E-state index contributed by atoms with van der Waals surface area (Å²) in [7, 11) is -4.27. The fraction of sp³-hybridized carbons (Fsp3) is 0.467. The molecular weight excluding hydrogens is 592 g/mol. The van der Waals surface area contributed by atoms with E-state index in [1.54, 1.807) is 6.07 Å². The minimum absolute atomic E-state index is 0.0385. The van der Waals surface area contributed by atoms with Gasteiger partial charge in [0, 0.05) is 85.6 Å². The second-order valence-corrected chi connectivity index (χ2v) is 14.3. The number of nitrogens with one attached hydrogen (secondary N) is 3. The van der Waals surface area contributed by atoms with Gasteiger partial charge in [0.15, 0.2) is 5.82 Å². The average molecular weight is 630 g/mol. The summed E-state index contributed by atoms with van der Waals surface area (Å²) >= 11 is 0. The maximum absolute atomic E-state index is 13.9. The number of ether oxygens (including phenoxy) is 1. The molecule has 236 valence electrons. The lowest BCUT2D eigenvalue weighted by atomic mass is 9.84. The molecule has 0 spiro atoms. The van der Waals surface area contributed by atoms with Crippen molar-refractivity contribution in [2.24, 2.45) is 5.73 Å². The molecule has 0 aliphatic carbocycles. The van der Waals surface area contributed by atoms with Crippen molar-refractivity contribution in [2.75, 3.05) is 48.4 Å². The second-order valence-electron chi connectivity index (χ2n) is 12.4. The van der Waals surface area contributed by atoms with Gasteiger partial charge in [-0.1, -0.05) is 13.8 Å². The summed E-state index contributed by atoms with van der Waals surface area (Å²) in [4.78, 5) is 15.5. The lowest BCUT2D eigenvalue weighted by Crippen LogP contribution is -2.45. The molecule has 44 heavy (non-hydrogen) atoms. The second kappa shape index (κ2) is 11.7. The monoisotopic (exact) mass is 629 g/mol. The van der Waals surface area contributed by atoms with E-state index in [2.05, 4.69) is 25.7 Å². The van der Waals surface area contributed by atoms with Crippen LogP contribution in [-0.4, -0.2) is 73.8 Å². The maximum atomic E-state index is 13.9. The van der Waals surface area contributed by atoms with Crippen molar-refractivity contribution < 1.29 is 26.7 Å². The third kappa shape index (κ3) is 6.03. The number of aromatic nitrogens is 2. The Morgan fingerprint density at radius 3 is 2.52 bits per heavy atom. The highest BCUT2D eigenvalue weighted by molar-refractivity contribution is 7.89. The third-order valence-corrected chi connectivity index (χ3v) is 10.3. The first kappa shape index (κ1) is 30.4. The van der Waals surface area contributed by atoms with Crippen LogP contribution in [0.4, 0.5) is 26.0 Å². The lowest BCUT2D eigenvalue weighted by molar-refractivity contribution is 0.0904. The highest BCUT2D eigenvalue weighted by Crippen LogP contribution is 2.38. The molecule has 4 heterocycles. The summed E-state index contributed by atoms with van der Waals surface area (Å²) < 4.78 is 61.6. The number of anilines is 3. The van der Waals surface area contributed by atoms with Gasteiger partial charge in [0.2, 0.25) is 10.0 Å². The van der Waals surface area contributed by atoms with Gasteiger partial charge >= 0.3 is 0 Å². The van der Waals surface area contributed by atoms with E-state index in [0.29, 0.717) is 41.8 Å². The maximum Gasteiger partial charge on any atom is 0.258 e. The van der Waals surface area contributed by atoms with E-state index in [1.165, 1.54) is 0 Å². The average Bonchev–Trinajstić information content (AvgIpc) is 3.59. The number of H-pyrrole nitrogens is 1. The van der Waals surface area contributed by atoms with Crippen LogP contribution in [0.15, 0.2) is 41.3 Å².